The Morgan fingerprint density at radius 3 is 0.842 bits per heavy atom. The first-order valence-corrected chi connectivity index (χ1v) is 10.1. The van der Waals surface area contributed by atoms with Crippen molar-refractivity contribution in [2.45, 2.75) is 78.0 Å². The molecular weight excluding hydrogens is 317 g/mol. The average Bonchev–Trinajstić information content (AvgIpc) is 2.09. The molecule has 0 saturated carbocycles. The Labute approximate surface area is 135 Å². The molecule has 0 amide bonds. The molecule has 0 aliphatic heterocycles. The Hall–Kier alpha value is 1.31. The van der Waals surface area contributed by atoms with Crippen LogP contribution in [0.5, 0.6) is 0 Å². The standard InChI is InChI=1S/C14H32P2.CH3.Ni.H2O/c1-11(2)15(12(3)4)9-10-16(13(5)6)14(7)8;;;/h11-14H,9-10H2,1-8H3;1H3;;1H2/q;-1;;. The maximum absolute atomic E-state index is 2.42. The average molecular weight is 354 g/mol. The molecule has 0 fully saturated rings. The van der Waals surface area contributed by atoms with E-state index in [9.17, 15) is 0 Å². The van der Waals surface area contributed by atoms with Gasteiger partial charge in [-0.3, -0.25) is 0 Å². The van der Waals surface area contributed by atoms with Crippen LogP contribution in [-0.2, 0) is 16.5 Å². The van der Waals surface area contributed by atoms with Crippen LogP contribution >= 0.6 is 15.8 Å². The molecule has 0 radical (unpaired) electrons. The molecule has 1 nitrogen and oxygen atoms in total. The van der Waals surface area contributed by atoms with Gasteiger partial charge in [-0.25, -0.2) is 0 Å². The fraction of sp³-hybridized carbons (Fsp3) is 0.933. The quantitative estimate of drug-likeness (QED) is 0.342. The Balaban J connectivity index is -0.000000375. The number of hydrogen-bond acceptors (Lipinski definition) is 0. The molecule has 0 heterocycles. The summed E-state index contributed by atoms with van der Waals surface area (Å²) in [6.07, 6.45) is 3.01. The molecule has 0 bridgehead atoms. The SMILES string of the molecule is CC(C)P(CCP(C(C)C)C(C)C)C(C)C.O.[CH3-].[Ni]. The van der Waals surface area contributed by atoms with Crippen molar-refractivity contribution in [3.8, 4) is 0 Å². The van der Waals surface area contributed by atoms with Crippen LogP contribution in [0.25, 0.3) is 0 Å². The van der Waals surface area contributed by atoms with Gasteiger partial charge in [0.05, 0.1) is 0 Å². The van der Waals surface area contributed by atoms with Crippen LogP contribution in [0, 0.1) is 7.43 Å². The van der Waals surface area contributed by atoms with Gasteiger partial charge in [0.1, 0.15) is 0 Å². The van der Waals surface area contributed by atoms with Crippen LogP contribution in [0.1, 0.15) is 55.4 Å². The second-order valence-corrected chi connectivity index (χ2v) is 12.9. The van der Waals surface area contributed by atoms with Gasteiger partial charge in [-0.2, -0.15) is 0 Å². The zero-order valence-electron chi connectivity index (χ0n) is 14.4. The van der Waals surface area contributed by atoms with Crippen LogP contribution in [0.15, 0.2) is 0 Å². The fourth-order valence-electron chi connectivity index (χ4n) is 2.46. The molecular formula is C15H37NiOP2-. The van der Waals surface area contributed by atoms with Gasteiger partial charge >= 0.3 is 0 Å². The Bertz CT molecular complexity index is 149. The number of hydrogen-bond donors (Lipinski definition) is 0. The predicted octanol–water partition coefficient (Wildman–Crippen LogP) is 5.21. The van der Waals surface area contributed by atoms with Crippen LogP contribution in [0.4, 0.5) is 0 Å². The van der Waals surface area contributed by atoms with Gasteiger partial charge in [0.2, 0.25) is 0 Å². The van der Waals surface area contributed by atoms with Gasteiger partial charge in [0, 0.05) is 16.5 Å². The van der Waals surface area contributed by atoms with E-state index < -0.39 is 0 Å². The first kappa shape index (κ1) is 28.5. The predicted molar refractivity (Wildman–Crippen MR) is 94.1 cm³/mol. The third-order valence-corrected chi connectivity index (χ3v) is 10.4. The summed E-state index contributed by atoms with van der Waals surface area (Å²) in [6.45, 7) is 19.3. The topological polar surface area (TPSA) is 31.5 Å². The molecule has 0 atom stereocenters. The van der Waals surface area contributed by atoms with E-state index in [1.165, 1.54) is 12.3 Å². The zero-order chi connectivity index (χ0) is 12.9. The molecule has 0 aromatic heterocycles. The normalized spacial score (nSPS) is 11.1. The molecule has 0 aliphatic carbocycles. The molecule has 0 unspecified atom stereocenters. The molecule has 124 valence electrons. The minimum atomic E-state index is 0. The molecule has 0 rings (SSSR count). The molecule has 2 N–H and O–H groups in total. The van der Waals surface area contributed by atoms with E-state index in [4.69, 9.17) is 0 Å². The van der Waals surface area contributed by atoms with Gasteiger partial charge in [-0.15, -0.1) is 15.8 Å². The fourth-order valence-corrected chi connectivity index (χ4v) is 8.75. The molecule has 4 heteroatoms. The van der Waals surface area contributed by atoms with Crippen molar-refractivity contribution in [3.63, 3.8) is 0 Å². The Morgan fingerprint density at radius 1 is 0.579 bits per heavy atom. The van der Waals surface area contributed by atoms with Gasteiger partial charge in [-0.05, 0) is 35.0 Å². The van der Waals surface area contributed by atoms with E-state index in [0.29, 0.717) is 0 Å². The Kier molecular flexibility index (Phi) is 21.4. The maximum Gasteiger partial charge on any atom is 0 e. The largest absolute Gasteiger partial charge is 0.412 e. The maximum atomic E-state index is 2.42. The molecule has 0 spiro atoms. The van der Waals surface area contributed by atoms with Crippen molar-refractivity contribution in [1.29, 1.82) is 0 Å². The summed E-state index contributed by atoms with van der Waals surface area (Å²) in [7, 11) is 0.511. The second-order valence-electron chi connectivity index (χ2n) is 5.85. The summed E-state index contributed by atoms with van der Waals surface area (Å²) in [4.78, 5) is 0. The monoisotopic (exact) mass is 353 g/mol. The summed E-state index contributed by atoms with van der Waals surface area (Å²) in [6, 6.07) is 0. The van der Waals surface area contributed by atoms with Crippen molar-refractivity contribution in [2.24, 2.45) is 0 Å². The molecule has 0 aliphatic rings. The van der Waals surface area contributed by atoms with Crippen molar-refractivity contribution >= 4 is 15.8 Å². The van der Waals surface area contributed by atoms with E-state index >= 15 is 0 Å². The van der Waals surface area contributed by atoms with E-state index in [2.05, 4.69) is 55.4 Å². The summed E-state index contributed by atoms with van der Waals surface area (Å²) in [5.74, 6) is 0. The molecule has 0 aromatic carbocycles. The van der Waals surface area contributed by atoms with E-state index in [0.717, 1.165) is 22.6 Å². The van der Waals surface area contributed by atoms with Crippen LogP contribution in [-0.4, -0.2) is 40.4 Å². The van der Waals surface area contributed by atoms with Crippen molar-refractivity contribution in [1.82, 2.24) is 0 Å². The van der Waals surface area contributed by atoms with Crippen LogP contribution in [0.3, 0.4) is 0 Å². The third kappa shape index (κ3) is 11.6. The van der Waals surface area contributed by atoms with Crippen molar-refractivity contribution in [2.75, 3.05) is 12.3 Å². The summed E-state index contributed by atoms with van der Waals surface area (Å²) in [5.41, 5.74) is 3.63. The minimum absolute atomic E-state index is 0. The first-order valence-electron chi connectivity index (χ1n) is 6.78. The van der Waals surface area contributed by atoms with Gasteiger partial charge in [0.15, 0.2) is 0 Å². The second kappa shape index (κ2) is 14.3. The summed E-state index contributed by atoms with van der Waals surface area (Å²) >= 11 is 0. The van der Waals surface area contributed by atoms with E-state index in [1.807, 2.05) is 0 Å². The minimum Gasteiger partial charge on any atom is -0.412 e. The summed E-state index contributed by atoms with van der Waals surface area (Å²) < 4.78 is 0. The molecule has 0 saturated heterocycles. The van der Waals surface area contributed by atoms with Gasteiger partial charge < -0.3 is 12.9 Å². The van der Waals surface area contributed by atoms with Crippen LogP contribution < -0.4 is 0 Å². The Morgan fingerprint density at radius 2 is 0.737 bits per heavy atom. The van der Waals surface area contributed by atoms with Crippen molar-refractivity contribution in [3.05, 3.63) is 7.43 Å². The summed E-state index contributed by atoms with van der Waals surface area (Å²) in [5, 5.41) is 0. The molecule has 0 aromatic rings. The number of rotatable bonds is 7. The smallest absolute Gasteiger partial charge is 0 e. The van der Waals surface area contributed by atoms with Crippen molar-refractivity contribution < 1.29 is 22.0 Å². The van der Waals surface area contributed by atoms with E-state index in [1.54, 1.807) is 0 Å². The van der Waals surface area contributed by atoms with Gasteiger partial charge in [0.25, 0.3) is 0 Å². The zero-order valence-corrected chi connectivity index (χ0v) is 17.2. The first-order chi connectivity index (χ1) is 7.27. The third-order valence-electron chi connectivity index (χ3n) is 3.27. The molecule has 19 heavy (non-hydrogen) atoms. The van der Waals surface area contributed by atoms with Gasteiger partial charge in [-0.1, -0.05) is 55.4 Å². The van der Waals surface area contributed by atoms with E-state index in [-0.39, 0.29) is 45.2 Å². The van der Waals surface area contributed by atoms with Crippen LogP contribution in [0.2, 0.25) is 0 Å².